The van der Waals surface area contributed by atoms with Gasteiger partial charge in [0.2, 0.25) is 0 Å². The number of aromatic nitrogens is 4. The van der Waals surface area contributed by atoms with Crippen molar-refractivity contribution in [3.8, 4) is 17.0 Å². The highest BCUT2D eigenvalue weighted by Gasteiger charge is 2.23. The Morgan fingerprint density at radius 2 is 2.12 bits per heavy atom. The number of phenolic OH excluding ortho intramolecular Hbond substituents is 1. The van der Waals surface area contributed by atoms with Crippen LogP contribution in [0.1, 0.15) is 24.4 Å². The number of phenols is 1. The first kappa shape index (κ1) is 16.0. The number of likely N-dealkylation sites (N-methyl/N-ethyl adjacent to an activating group) is 1. The molecule has 1 fully saturated rings. The lowest BCUT2D eigenvalue weighted by molar-refractivity contribution is 0.205. The largest absolute Gasteiger partial charge is 0.507 e. The summed E-state index contributed by atoms with van der Waals surface area (Å²) >= 11 is 0. The van der Waals surface area contributed by atoms with E-state index in [1.807, 2.05) is 11.6 Å². The second-order valence-electron chi connectivity index (χ2n) is 6.72. The molecule has 0 amide bonds. The maximum atomic E-state index is 13.2. The van der Waals surface area contributed by atoms with E-state index in [4.69, 9.17) is 0 Å². The van der Waals surface area contributed by atoms with Crippen molar-refractivity contribution in [1.29, 1.82) is 0 Å². The highest BCUT2D eigenvalue weighted by atomic mass is 19.1. The van der Waals surface area contributed by atoms with Gasteiger partial charge in [-0.3, -0.25) is 0 Å². The van der Waals surface area contributed by atoms with Crippen LogP contribution in [-0.2, 0) is 0 Å². The molecule has 0 spiro atoms. The van der Waals surface area contributed by atoms with Gasteiger partial charge in [0.05, 0.1) is 12.2 Å². The van der Waals surface area contributed by atoms with E-state index in [0.29, 0.717) is 11.3 Å². The zero-order valence-electron chi connectivity index (χ0n) is 14.3. The summed E-state index contributed by atoms with van der Waals surface area (Å²) < 4.78 is 15.2. The molecular weight excluding hydrogens is 321 g/mol. The van der Waals surface area contributed by atoms with Crippen molar-refractivity contribution in [3.63, 3.8) is 0 Å². The Labute approximate surface area is 144 Å². The van der Waals surface area contributed by atoms with Crippen LogP contribution < -0.4 is 0 Å². The van der Waals surface area contributed by atoms with Gasteiger partial charge in [0, 0.05) is 23.6 Å². The van der Waals surface area contributed by atoms with Gasteiger partial charge in [0.15, 0.2) is 5.65 Å². The minimum Gasteiger partial charge on any atom is -0.507 e. The van der Waals surface area contributed by atoms with Gasteiger partial charge in [-0.05, 0) is 51.1 Å². The van der Waals surface area contributed by atoms with E-state index in [2.05, 4.69) is 27.2 Å². The van der Waals surface area contributed by atoms with Gasteiger partial charge in [0.1, 0.15) is 17.3 Å². The Bertz CT molecular complexity index is 939. The summed E-state index contributed by atoms with van der Waals surface area (Å²) in [5, 5.41) is 24.2. The molecule has 3 aromatic rings. The summed E-state index contributed by atoms with van der Waals surface area (Å²) in [5.74, 6) is -0.625. The lowest BCUT2D eigenvalue weighted by atomic mass is 10.0. The lowest BCUT2D eigenvalue weighted by Gasteiger charge is -2.29. The second kappa shape index (κ2) is 6.07. The highest BCUT2D eigenvalue weighted by Crippen LogP contribution is 2.33. The van der Waals surface area contributed by atoms with Crippen LogP contribution in [0.5, 0.6) is 5.75 Å². The van der Waals surface area contributed by atoms with E-state index in [9.17, 15) is 9.50 Å². The Morgan fingerprint density at radius 3 is 2.88 bits per heavy atom. The van der Waals surface area contributed by atoms with Crippen molar-refractivity contribution in [1.82, 2.24) is 24.9 Å². The molecule has 1 aliphatic heterocycles. The van der Waals surface area contributed by atoms with E-state index < -0.39 is 5.82 Å². The minimum atomic E-state index is -0.484. The van der Waals surface area contributed by atoms with Crippen LogP contribution in [0.2, 0.25) is 0 Å². The average Bonchev–Trinajstić information content (AvgIpc) is 3.01. The Morgan fingerprint density at radius 1 is 1.28 bits per heavy atom. The highest BCUT2D eigenvalue weighted by molar-refractivity contribution is 5.85. The van der Waals surface area contributed by atoms with Crippen LogP contribution in [0.4, 0.5) is 4.39 Å². The summed E-state index contributed by atoms with van der Waals surface area (Å²) in [6.45, 7) is 3.97. The number of aromatic hydroxyl groups is 1. The molecule has 3 heterocycles. The molecule has 1 N–H and O–H groups in total. The number of fused-ring (bicyclic) bond motifs is 1. The number of likely N-dealkylation sites (tertiary alicyclic amines) is 1. The molecule has 0 bridgehead atoms. The average molecular weight is 341 g/mol. The summed E-state index contributed by atoms with van der Waals surface area (Å²) in [7, 11) is 2.12. The number of hydrogen-bond acceptors (Lipinski definition) is 5. The van der Waals surface area contributed by atoms with Crippen LogP contribution in [0.25, 0.3) is 22.3 Å². The number of hydrogen-bond donors (Lipinski definition) is 1. The third-order valence-corrected chi connectivity index (χ3v) is 4.93. The fraction of sp³-hybridized carbons (Fsp3) is 0.389. The molecule has 7 heteroatoms. The molecule has 0 aliphatic carbocycles. The van der Waals surface area contributed by atoms with Crippen LogP contribution >= 0.6 is 0 Å². The Kier molecular flexibility index (Phi) is 3.88. The van der Waals surface area contributed by atoms with E-state index in [-0.39, 0.29) is 11.8 Å². The molecule has 0 saturated carbocycles. The third-order valence-electron chi connectivity index (χ3n) is 4.93. The SMILES string of the molecule is Cc1c(-c2ccc(F)cc2O)nnc2c1cnn2[C@H]1CCCN(C)C1. The van der Waals surface area contributed by atoms with Gasteiger partial charge in [-0.25, -0.2) is 9.07 Å². The van der Waals surface area contributed by atoms with Gasteiger partial charge in [0.25, 0.3) is 0 Å². The maximum absolute atomic E-state index is 13.2. The number of aryl methyl sites for hydroxylation is 1. The zero-order chi connectivity index (χ0) is 17.6. The van der Waals surface area contributed by atoms with Gasteiger partial charge in [-0.2, -0.15) is 5.10 Å². The van der Waals surface area contributed by atoms with Crippen molar-refractivity contribution in [2.45, 2.75) is 25.8 Å². The number of benzene rings is 1. The van der Waals surface area contributed by atoms with Crippen molar-refractivity contribution in [3.05, 3.63) is 35.8 Å². The molecule has 1 atom stereocenters. The van der Waals surface area contributed by atoms with Gasteiger partial charge in [-0.1, -0.05) is 0 Å². The minimum absolute atomic E-state index is 0.141. The molecule has 1 saturated heterocycles. The van der Waals surface area contributed by atoms with Gasteiger partial charge < -0.3 is 10.0 Å². The summed E-state index contributed by atoms with van der Waals surface area (Å²) in [6, 6.07) is 4.20. The molecule has 25 heavy (non-hydrogen) atoms. The molecule has 0 radical (unpaired) electrons. The fourth-order valence-corrected chi connectivity index (χ4v) is 3.59. The van der Waals surface area contributed by atoms with Crippen molar-refractivity contribution < 1.29 is 9.50 Å². The van der Waals surface area contributed by atoms with E-state index in [1.165, 1.54) is 12.1 Å². The smallest absolute Gasteiger partial charge is 0.181 e. The standard InChI is InChI=1S/C18H20FN5O/c1-11-15-9-20-24(13-4-3-7-23(2)10-13)18(15)22-21-17(11)14-6-5-12(19)8-16(14)25/h5-6,8-9,13,25H,3-4,7,10H2,1-2H3/t13-/m0/s1. The summed E-state index contributed by atoms with van der Waals surface area (Å²) in [5.41, 5.74) is 2.65. The second-order valence-corrected chi connectivity index (χ2v) is 6.72. The first-order valence-electron chi connectivity index (χ1n) is 8.42. The zero-order valence-corrected chi connectivity index (χ0v) is 14.3. The summed E-state index contributed by atoms with van der Waals surface area (Å²) in [6.07, 6.45) is 4.01. The van der Waals surface area contributed by atoms with Crippen molar-refractivity contribution in [2.75, 3.05) is 20.1 Å². The maximum Gasteiger partial charge on any atom is 0.181 e. The lowest BCUT2D eigenvalue weighted by Crippen LogP contribution is -2.34. The molecule has 1 aliphatic rings. The van der Waals surface area contributed by atoms with Gasteiger partial charge >= 0.3 is 0 Å². The predicted molar refractivity (Wildman–Crippen MR) is 92.9 cm³/mol. The fourth-order valence-electron chi connectivity index (χ4n) is 3.59. The normalized spacial score (nSPS) is 18.8. The van der Waals surface area contributed by atoms with Crippen molar-refractivity contribution >= 4 is 11.0 Å². The van der Waals surface area contributed by atoms with E-state index >= 15 is 0 Å². The topological polar surface area (TPSA) is 67.1 Å². The van der Waals surface area contributed by atoms with Crippen molar-refractivity contribution in [2.24, 2.45) is 0 Å². The first-order valence-corrected chi connectivity index (χ1v) is 8.42. The number of nitrogens with zero attached hydrogens (tertiary/aromatic N) is 5. The Hall–Kier alpha value is -2.54. The predicted octanol–water partition coefficient (Wildman–Crippen LogP) is 2.91. The molecule has 130 valence electrons. The molecule has 1 aromatic carbocycles. The molecule has 2 aromatic heterocycles. The summed E-state index contributed by atoms with van der Waals surface area (Å²) in [4.78, 5) is 2.30. The molecule has 4 rings (SSSR count). The molecule has 6 nitrogen and oxygen atoms in total. The van der Waals surface area contributed by atoms with E-state index in [0.717, 1.165) is 48.6 Å². The van der Waals surface area contributed by atoms with Gasteiger partial charge in [-0.15, -0.1) is 10.2 Å². The Balaban J connectivity index is 1.79. The van der Waals surface area contributed by atoms with Crippen LogP contribution in [-0.4, -0.2) is 50.1 Å². The molecule has 0 unspecified atom stereocenters. The number of halogens is 1. The van der Waals surface area contributed by atoms with Crippen LogP contribution in [0, 0.1) is 12.7 Å². The molecular formula is C18H20FN5O. The third kappa shape index (κ3) is 2.74. The number of piperidine rings is 1. The quantitative estimate of drug-likeness (QED) is 0.776. The van der Waals surface area contributed by atoms with E-state index in [1.54, 1.807) is 6.20 Å². The first-order chi connectivity index (χ1) is 12.0. The van der Waals surface area contributed by atoms with Crippen LogP contribution in [0.3, 0.4) is 0 Å². The van der Waals surface area contributed by atoms with Crippen LogP contribution in [0.15, 0.2) is 24.4 Å². The number of rotatable bonds is 2. The monoisotopic (exact) mass is 341 g/mol.